The highest BCUT2D eigenvalue weighted by atomic mass is 16.3. The lowest BCUT2D eigenvalue weighted by atomic mass is 9.79. The van der Waals surface area contributed by atoms with Crippen molar-refractivity contribution in [2.45, 2.75) is 78.3 Å². The summed E-state index contributed by atoms with van der Waals surface area (Å²) in [5.74, 6) is -0.527. The van der Waals surface area contributed by atoms with Gasteiger partial charge in [0.25, 0.3) is 5.56 Å². The van der Waals surface area contributed by atoms with Crippen LogP contribution in [-0.2, 0) is 23.9 Å². The van der Waals surface area contributed by atoms with Crippen LogP contribution < -0.4 is 21.3 Å². The summed E-state index contributed by atoms with van der Waals surface area (Å²) in [6, 6.07) is 25.8. The smallest absolute Gasteiger partial charge is 0.330 e. The van der Waals surface area contributed by atoms with E-state index in [9.17, 15) is 14.7 Å². The van der Waals surface area contributed by atoms with Crippen molar-refractivity contribution >= 4 is 44.2 Å². The SMILES string of the molecule is CCn1c([O-])c(C2=C(/C=C/C3=[N+](C)c4ccc5ccccc5c4C3(C)C)CC/C2=C\C=C2\N(C)c3ccc4ccccc4c3C2(C)C)c(=O)n(CC)c1=O. The van der Waals surface area contributed by atoms with Crippen molar-refractivity contribution in [1.82, 2.24) is 9.13 Å². The van der Waals surface area contributed by atoms with Crippen LogP contribution in [0.1, 0.15) is 71.1 Å². The first-order valence-corrected chi connectivity index (χ1v) is 19.1. The standard InChI is InChI=1S/C47H48N4O3/c1-9-50-43(52)40(44(53)51(10-2)45(50)54)39-31(23-27-37-46(3,4)41-33-17-13-11-15-29(33)21-25-35(41)48(37)7)19-20-32(39)24-28-38-47(5,6)42-34-18-14-12-16-30(34)22-26-36(42)49(38)8/h11-18,21-28H,9-10,19-20H2,1-8H3/b31-23+,37-27+. The molecule has 0 bridgehead atoms. The van der Waals surface area contributed by atoms with E-state index in [1.165, 1.54) is 53.2 Å². The van der Waals surface area contributed by atoms with Crippen LogP contribution in [0.3, 0.4) is 0 Å². The zero-order chi connectivity index (χ0) is 38.3. The molecule has 4 aromatic carbocycles. The number of anilines is 1. The Morgan fingerprint density at radius 1 is 0.759 bits per heavy atom. The molecule has 0 radical (unpaired) electrons. The molecule has 5 aromatic rings. The third kappa shape index (κ3) is 5.04. The maximum atomic E-state index is 14.2. The van der Waals surface area contributed by atoms with Gasteiger partial charge in [0.15, 0.2) is 5.71 Å². The van der Waals surface area contributed by atoms with Crippen LogP contribution in [-0.4, -0.2) is 33.5 Å². The zero-order valence-electron chi connectivity index (χ0n) is 32.6. The molecule has 0 amide bonds. The molecule has 0 saturated heterocycles. The third-order valence-corrected chi connectivity index (χ3v) is 12.2. The van der Waals surface area contributed by atoms with E-state index in [4.69, 9.17) is 0 Å². The number of hydrogen-bond donors (Lipinski definition) is 0. The summed E-state index contributed by atoms with van der Waals surface area (Å²) < 4.78 is 4.65. The fourth-order valence-electron chi connectivity index (χ4n) is 9.58. The molecule has 3 aliphatic rings. The van der Waals surface area contributed by atoms with Crippen LogP contribution in [0.5, 0.6) is 5.88 Å². The van der Waals surface area contributed by atoms with Crippen molar-refractivity contribution < 1.29 is 9.68 Å². The quantitative estimate of drug-likeness (QED) is 0.165. The lowest BCUT2D eigenvalue weighted by Gasteiger charge is -2.25. The van der Waals surface area contributed by atoms with E-state index in [1.807, 2.05) is 0 Å². The number of aromatic nitrogens is 2. The predicted molar refractivity (Wildman–Crippen MR) is 220 cm³/mol. The number of hydrogen-bond acceptors (Lipinski definition) is 4. The van der Waals surface area contributed by atoms with Gasteiger partial charge in [-0.05, 0) is 108 Å². The van der Waals surface area contributed by atoms with Crippen molar-refractivity contribution in [3.05, 3.63) is 151 Å². The largest absolute Gasteiger partial charge is 0.859 e. The van der Waals surface area contributed by atoms with E-state index in [2.05, 4.69) is 148 Å². The van der Waals surface area contributed by atoms with Crippen LogP contribution in [0, 0.1) is 0 Å². The molecular formula is C47H48N4O3. The zero-order valence-corrected chi connectivity index (χ0v) is 32.6. The minimum atomic E-state index is -0.559. The molecule has 7 nitrogen and oxygen atoms in total. The molecule has 0 spiro atoms. The summed E-state index contributed by atoms with van der Waals surface area (Å²) in [7, 11) is 4.22. The Kier molecular flexibility index (Phi) is 8.33. The predicted octanol–water partition coefficient (Wildman–Crippen LogP) is 8.48. The van der Waals surface area contributed by atoms with Gasteiger partial charge in [-0.15, -0.1) is 0 Å². The first kappa shape index (κ1) is 35.3. The second-order valence-electron chi connectivity index (χ2n) is 15.8. The van der Waals surface area contributed by atoms with Crippen LogP contribution >= 0.6 is 0 Å². The summed E-state index contributed by atoms with van der Waals surface area (Å²) in [5, 5.41) is 19.1. The van der Waals surface area contributed by atoms with Crippen LogP contribution in [0.15, 0.2) is 124 Å². The molecule has 0 fully saturated rings. The number of allylic oxidation sites excluding steroid dienone is 8. The molecule has 0 unspecified atom stereocenters. The topological polar surface area (TPSA) is 73.3 Å². The maximum Gasteiger partial charge on any atom is 0.330 e. The number of benzene rings is 4. The van der Waals surface area contributed by atoms with Crippen molar-refractivity contribution in [2.75, 3.05) is 19.0 Å². The molecule has 0 saturated carbocycles. The van der Waals surface area contributed by atoms with E-state index < -0.39 is 17.1 Å². The molecular weight excluding hydrogens is 669 g/mol. The minimum absolute atomic E-state index is 0.0757. The van der Waals surface area contributed by atoms with Gasteiger partial charge in [-0.3, -0.25) is 9.36 Å². The van der Waals surface area contributed by atoms with Crippen molar-refractivity contribution in [1.29, 1.82) is 0 Å². The number of nitrogens with zero attached hydrogens (tertiary/aromatic N) is 4. The Hall–Kier alpha value is -5.69. The maximum absolute atomic E-state index is 14.2. The average molecular weight is 717 g/mol. The highest BCUT2D eigenvalue weighted by Gasteiger charge is 2.44. The van der Waals surface area contributed by atoms with Gasteiger partial charge < -0.3 is 14.6 Å². The molecule has 1 aromatic heterocycles. The van der Waals surface area contributed by atoms with Gasteiger partial charge >= 0.3 is 5.69 Å². The molecule has 0 atom stereocenters. The Morgan fingerprint density at radius 3 is 2.06 bits per heavy atom. The summed E-state index contributed by atoms with van der Waals surface area (Å²) in [4.78, 5) is 29.7. The van der Waals surface area contributed by atoms with Gasteiger partial charge in [0.1, 0.15) is 7.05 Å². The molecule has 0 N–H and O–H groups in total. The fraction of sp³-hybridized carbons (Fsp3) is 0.298. The van der Waals surface area contributed by atoms with E-state index in [-0.39, 0.29) is 29.5 Å². The first-order chi connectivity index (χ1) is 25.8. The van der Waals surface area contributed by atoms with Gasteiger partial charge in [0.05, 0.1) is 11.0 Å². The van der Waals surface area contributed by atoms with Gasteiger partial charge in [-0.1, -0.05) is 80.6 Å². The second-order valence-corrected chi connectivity index (χ2v) is 15.8. The van der Waals surface area contributed by atoms with Gasteiger partial charge in [0.2, 0.25) is 5.69 Å². The molecule has 2 aliphatic heterocycles. The number of likely N-dealkylation sites (N-methyl/N-ethyl adjacent to an activating group) is 1. The average Bonchev–Trinajstić information content (AvgIpc) is 3.70. The van der Waals surface area contributed by atoms with E-state index in [1.54, 1.807) is 13.8 Å². The summed E-state index contributed by atoms with van der Waals surface area (Å²) in [5.41, 5.74) is 8.06. The Labute approximate surface area is 316 Å². The minimum Gasteiger partial charge on any atom is -0.859 e. The van der Waals surface area contributed by atoms with Crippen molar-refractivity contribution in [3.8, 4) is 5.88 Å². The van der Waals surface area contributed by atoms with Crippen LogP contribution in [0.25, 0.3) is 27.1 Å². The molecule has 7 heteroatoms. The summed E-state index contributed by atoms with van der Waals surface area (Å²) in [6.07, 6.45) is 9.87. The van der Waals surface area contributed by atoms with Gasteiger partial charge in [0, 0.05) is 54.6 Å². The lowest BCUT2D eigenvalue weighted by Crippen LogP contribution is -2.42. The van der Waals surface area contributed by atoms with Crippen LogP contribution in [0.4, 0.5) is 11.4 Å². The third-order valence-electron chi connectivity index (χ3n) is 12.2. The molecule has 1 aliphatic carbocycles. The Morgan fingerprint density at radius 2 is 1.39 bits per heavy atom. The fourth-order valence-corrected chi connectivity index (χ4v) is 9.58. The summed E-state index contributed by atoms with van der Waals surface area (Å²) in [6.45, 7) is 13.0. The molecule has 274 valence electrons. The second kappa shape index (κ2) is 12.7. The normalized spacial score (nSPS) is 19.1. The highest BCUT2D eigenvalue weighted by Crippen LogP contribution is 2.51. The molecule has 54 heavy (non-hydrogen) atoms. The molecule has 3 heterocycles. The molecule has 8 rings (SSSR count). The van der Waals surface area contributed by atoms with E-state index >= 15 is 0 Å². The van der Waals surface area contributed by atoms with Gasteiger partial charge in [-0.2, -0.15) is 4.58 Å². The number of fused-ring (bicyclic) bond motifs is 6. The number of rotatable bonds is 6. The van der Waals surface area contributed by atoms with E-state index in [0.29, 0.717) is 18.4 Å². The van der Waals surface area contributed by atoms with E-state index in [0.717, 1.165) is 22.6 Å². The Balaban J connectivity index is 1.30. The monoisotopic (exact) mass is 716 g/mol. The Bertz CT molecular complexity index is 2710. The van der Waals surface area contributed by atoms with Crippen molar-refractivity contribution in [2.24, 2.45) is 0 Å². The first-order valence-electron chi connectivity index (χ1n) is 19.1. The summed E-state index contributed by atoms with van der Waals surface area (Å²) >= 11 is 0. The lowest BCUT2D eigenvalue weighted by molar-refractivity contribution is -0.401. The van der Waals surface area contributed by atoms with Gasteiger partial charge in [-0.25, -0.2) is 4.79 Å². The highest BCUT2D eigenvalue weighted by molar-refractivity contribution is 6.08. The van der Waals surface area contributed by atoms with Crippen molar-refractivity contribution in [3.63, 3.8) is 0 Å². The van der Waals surface area contributed by atoms with Crippen LogP contribution in [0.2, 0.25) is 0 Å².